The molecule has 1 N–H and O–H groups in total. The topological polar surface area (TPSA) is 91.5 Å². The molecule has 0 aliphatic heterocycles. The van der Waals surface area contributed by atoms with Gasteiger partial charge in [-0.2, -0.15) is 10.4 Å². The molecular weight excluding hydrogens is 266 g/mol. The van der Waals surface area contributed by atoms with Crippen LogP contribution in [0.3, 0.4) is 0 Å². The van der Waals surface area contributed by atoms with Gasteiger partial charge in [-0.05, 0) is 24.3 Å². The number of hydrazone groups is 1. The van der Waals surface area contributed by atoms with Crippen molar-refractivity contribution in [2.45, 2.75) is 12.8 Å². The Morgan fingerprint density at radius 2 is 2.32 bits per heavy atom. The maximum atomic E-state index is 11.7. The first kappa shape index (κ1) is 13.2. The number of hydrogen-bond acceptors (Lipinski definition) is 7. The molecular formula is C12H11N3O3S. The van der Waals surface area contributed by atoms with E-state index in [2.05, 4.69) is 15.3 Å². The van der Waals surface area contributed by atoms with Crippen molar-refractivity contribution in [3.8, 4) is 6.07 Å². The molecule has 1 aromatic rings. The minimum Gasteiger partial charge on any atom is -0.465 e. The van der Waals surface area contributed by atoms with E-state index in [4.69, 9.17) is 5.26 Å². The molecule has 0 amide bonds. The van der Waals surface area contributed by atoms with Crippen LogP contribution in [0.25, 0.3) is 0 Å². The normalized spacial score (nSPS) is 14.6. The molecule has 1 heterocycles. The van der Waals surface area contributed by atoms with E-state index in [0.29, 0.717) is 10.6 Å². The Hall–Kier alpha value is -2.20. The van der Waals surface area contributed by atoms with Crippen LogP contribution in [0.1, 0.15) is 22.5 Å². The number of anilines is 1. The minimum atomic E-state index is -0.486. The molecule has 0 unspecified atom stereocenters. The van der Waals surface area contributed by atoms with E-state index in [1.54, 1.807) is 17.5 Å². The van der Waals surface area contributed by atoms with Gasteiger partial charge in [0, 0.05) is 5.92 Å². The second-order valence-electron chi connectivity index (χ2n) is 3.98. The van der Waals surface area contributed by atoms with Gasteiger partial charge in [-0.1, -0.05) is 0 Å². The molecule has 1 saturated carbocycles. The molecule has 98 valence electrons. The van der Waals surface area contributed by atoms with E-state index < -0.39 is 5.97 Å². The predicted molar refractivity (Wildman–Crippen MR) is 70.1 cm³/mol. The number of carbonyl (C=O) groups is 2. The maximum absolute atomic E-state index is 11.7. The molecule has 1 aliphatic rings. The van der Waals surface area contributed by atoms with E-state index in [9.17, 15) is 9.59 Å². The third kappa shape index (κ3) is 2.98. The molecule has 0 bridgehead atoms. The lowest BCUT2D eigenvalue weighted by Gasteiger charge is -2.01. The van der Waals surface area contributed by atoms with Crippen molar-refractivity contribution in [1.29, 1.82) is 5.26 Å². The van der Waals surface area contributed by atoms with Crippen LogP contribution in [-0.2, 0) is 9.53 Å². The number of ether oxygens (including phenoxy) is 1. The van der Waals surface area contributed by atoms with Crippen molar-refractivity contribution in [3.05, 3.63) is 16.3 Å². The Labute approximate surface area is 113 Å². The first-order valence-electron chi connectivity index (χ1n) is 5.61. The molecule has 1 aliphatic carbocycles. The van der Waals surface area contributed by atoms with E-state index in [0.717, 1.165) is 12.8 Å². The molecule has 0 saturated heterocycles. The Morgan fingerprint density at radius 1 is 1.58 bits per heavy atom. The Balaban J connectivity index is 2.12. The average Bonchev–Trinajstić information content (AvgIpc) is 3.17. The molecule has 6 nitrogen and oxygen atoms in total. The zero-order chi connectivity index (χ0) is 13.8. The van der Waals surface area contributed by atoms with E-state index in [-0.39, 0.29) is 17.4 Å². The number of hydrogen-bond donors (Lipinski definition) is 1. The summed E-state index contributed by atoms with van der Waals surface area (Å²) in [7, 11) is 1.28. The van der Waals surface area contributed by atoms with Crippen molar-refractivity contribution < 1.29 is 14.3 Å². The monoisotopic (exact) mass is 277 g/mol. The van der Waals surface area contributed by atoms with Gasteiger partial charge in [0.25, 0.3) is 0 Å². The lowest BCUT2D eigenvalue weighted by atomic mass is 10.2. The molecule has 7 heteroatoms. The van der Waals surface area contributed by atoms with Crippen molar-refractivity contribution in [2.75, 3.05) is 12.5 Å². The van der Waals surface area contributed by atoms with E-state index >= 15 is 0 Å². The smallest absolute Gasteiger partial charge is 0.350 e. The van der Waals surface area contributed by atoms with Crippen LogP contribution in [0.15, 0.2) is 16.5 Å². The molecule has 1 aromatic heterocycles. The number of thiophene rings is 1. The highest BCUT2D eigenvalue weighted by molar-refractivity contribution is 7.12. The zero-order valence-electron chi connectivity index (χ0n) is 10.2. The van der Waals surface area contributed by atoms with Gasteiger partial charge in [0.2, 0.25) is 5.71 Å². The number of rotatable bonds is 5. The zero-order valence-corrected chi connectivity index (χ0v) is 11.0. The number of Topliss-reactive ketones (excluding diaryl/α,β-unsaturated/α-hetero) is 1. The number of esters is 1. The van der Waals surface area contributed by atoms with Gasteiger partial charge >= 0.3 is 5.97 Å². The highest BCUT2D eigenvalue weighted by Gasteiger charge is 2.33. The number of nitrogens with zero attached hydrogens (tertiary/aromatic N) is 2. The second-order valence-corrected chi connectivity index (χ2v) is 4.89. The van der Waals surface area contributed by atoms with Crippen LogP contribution in [0.2, 0.25) is 0 Å². The van der Waals surface area contributed by atoms with Crippen LogP contribution in [0.4, 0.5) is 5.69 Å². The molecule has 0 radical (unpaired) electrons. The largest absolute Gasteiger partial charge is 0.465 e. The van der Waals surface area contributed by atoms with Crippen molar-refractivity contribution in [2.24, 2.45) is 11.0 Å². The van der Waals surface area contributed by atoms with Crippen LogP contribution >= 0.6 is 11.3 Å². The predicted octanol–water partition coefficient (Wildman–Crippen LogP) is 1.81. The summed E-state index contributed by atoms with van der Waals surface area (Å²) in [5, 5.41) is 14.4. The Bertz CT molecular complexity index is 581. The summed E-state index contributed by atoms with van der Waals surface area (Å²) in [4.78, 5) is 23.5. The number of nitriles is 1. The lowest BCUT2D eigenvalue weighted by molar-refractivity contribution is -0.113. The van der Waals surface area contributed by atoms with Crippen LogP contribution in [0.5, 0.6) is 0 Å². The lowest BCUT2D eigenvalue weighted by Crippen LogP contribution is -2.15. The summed E-state index contributed by atoms with van der Waals surface area (Å²) in [5.74, 6) is -0.799. The Morgan fingerprint density at radius 3 is 2.89 bits per heavy atom. The number of carbonyl (C=O) groups excluding carboxylic acids is 2. The highest BCUT2D eigenvalue weighted by Crippen LogP contribution is 2.30. The van der Waals surface area contributed by atoms with Crippen molar-refractivity contribution in [3.63, 3.8) is 0 Å². The van der Waals surface area contributed by atoms with Gasteiger partial charge in [-0.15, -0.1) is 11.3 Å². The summed E-state index contributed by atoms with van der Waals surface area (Å²) < 4.78 is 4.62. The SMILES string of the molecule is COC(=O)c1sccc1N/N=C(\C#N)C(=O)C1CC1. The van der Waals surface area contributed by atoms with Gasteiger partial charge in [0.15, 0.2) is 5.78 Å². The molecule has 0 atom stereocenters. The van der Waals surface area contributed by atoms with Crippen LogP contribution < -0.4 is 5.43 Å². The first-order valence-corrected chi connectivity index (χ1v) is 6.49. The number of methoxy groups -OCH3 is 1. The highest BCUT2D eigenvalue weighted by atomic mass is 32.1. The summed E-state index contributed by atoms with van der Waals surface area (Å²) >= 11 is 1.19. The average molecular weight is 277 g/mol. The molecule has 19 heavy (non-hydrogen) atoms. The van der Waals surface area contributed by atoms with Gasteiger partial charge in [0.05, 0.1) is 12.8 Å². The summed E-state index contributed by atoms with van der Waals surface area (Å²) in [6.45, 7) is 0. The van der Waals surface area contributed by atoms with Crippen molar-refractivity contribution in [1.82, 2.24) is 0 Å². The van der Waals surface area contributed by atoms with Gasteiger partial charge in [0.1, 0.15) is 10.9 Å². The summed E-state index contributed by atoms with van der Waals surface area (Å²) in [5.41, 5.74) is 2.84. The Kier molecular flexibility index (Phi) is 3.92. The fraction of sp³-hybridized carbons (Fsp3) is 0.333. The van der Waals surface area contributed by atoms with Gasteiger partial charge < -0.3 is 4.74 Å². The van der Waals surface area contributed by atoms with Crippen molar-refractivity contribution >= 4 is 34.5 Å². The molecule has 0 spiro atoms. The number of ketones is 1. The fourth-order valence-corrected chi connectivity index (χ4v) is 2.20. The third-order valence-corrected chi connectivity index (χ3v) is 3.51. The van der Waals surface area contributed by atoms with Gasteiger partial charge in [-0.3, -0.25) is 10.2 Å². The van der Waals surface area contributed by atoms with E-state index in [1.807, 2.05) is 0 Å². The second kappa shape index (κ2) is 5.63. The molecule has 0 aromatic carbocycles. The van der Waals surface area contributed by atoms with Crippen LogP contribution in [-0.4, -0.2) is 24.6 Å². The maximum Gasteiger partial charge on any atom is 0.350 e. The van der Waals surface area contributed by atoms with Crippen LogP contribution in [0, 0.1) is 17.2 Å². The standard InChI is InChI=1S/C12H11N3O3S/c1-18-12(17)11-8(4-5-19-11)14-15-9(6-13)10(16)7-2-3-7/h4-5,7,14H,2-3H2,1H3/b15-9+. The van der Waals surface area contributed by atoms with E-state index in [1.165, 1.54) is 18.4 Å². The molecule has 2 rings (SSSR count). The number of nitrogens with one attached hydrogen (secondary N) is 1. The third-order valence-electron chi connectivity index (χ3n) is 2.61. The summed E-state index contributed by atoms with van der Waals surface area (Å²) in [6.07, 6.45) is 1.62. The quantitative estimate of drug-likeness (QED) is 0.503. The first-order chi connectivity index (χ1) is 9.17. The summed E-state index contributed by atoms with van der Waals surface area (Å²) in [6, 6.07) is 3.41. The fourth-order valence-electron chi connectivity index (χ4n) is 1.44. The molecule has 1 fully saturated rings. The minimum absolute atomic E-state index is 0.0669. The van der Waals surface area contributed by atoms with Gasteiger partial charge in [-0.25, -0.2) is 4.79 Å².